The van der Waals surface area contributed by atoms with E-state index in [1.807, 2.05) is 45.0 Å². The Bertz CT molecular complexity index is 519. The normalized spacial score (nSPS) is 17.1. The predicted octanol–water partition coefficient (Wildman–Crippen LogP) is 2.60. The highest BCUT2D eigenvalue weighted by Crippen LogP contribution is 2.26. The summed E-state index contributed by atoms with van der Waals surface area (Å²) in [4.78, 5) is 25.8. The molecule has 1 aromatic carbocycles. The number of likely N-dealkylation sites (tertiary alicyclic amines) is 1. The van der Waals surface area contributed by atoms with Crippen LogP contribution in [-0.2, 0) is 16.0 Å². The summed E-state index contributed by atoms with van der Waals surface area (Å²) in [5, 5.41) is 0. The summed E-state index contributed by atoms with van der Waals surface area (Å²) in [5.74, 6) is 1.05. The third-order valence-corrected chi connectivity index (χ3v) is 4.08. The van der Waals surface area contributed by atoms with Crippen LogP contribution in [-0.4, -0.2) is 35.3 Å². The molecule has 2 rings (SSSR count). The van der Waals surface area contributed by atoms with Crippen molar-refractivity contribution in [1.29, 1.82) is 0 Å². The summed E-state index contributed by atoms with van der Waals surface area (Å²) in [7, 11) is 0. The molecule has 0 atom stereocenters. The summed E-state index contributed by atoms with van der Waals surface area (Å²) in [6.45, 7) is 6.81. The summed E-state index contributed by atoms with van der Waals surface area (Å²) in [6, 6.07) is 7.82. The number of ketones is 1. The molecule has 1 heterocycles. The van der Waals surface area contributed by atoms with Gasteiger partial charge in [-0.15, -0.1) is 0 Å². The largest absolute Gasteiger partial charge is 0.494 e. The number of hydrogen-bond acceptors (Lipinski definition) is 3. The first-order chi connectivity index (χ1) is 9.95. The number of hydrogen-bond donors (Lipinski definition) is 0. The molecule has 0 bridgehead atoms. The second kappa shape index (κ2) is 6.29. The summed E-state index contributed by atoms with van der Waals surface area (Å²) in [6.07, 6.45) is 1.60. The van der Waals surface area contributed by atoms with Crippen LogP contribution in [0.2, 0.25) is 0 Å². The maximum absolute atomic E-state index is 12.3. The number of aryl methyl sites for hydroxylation is 1. The fourth-order valence-corrected chi connectivity index (χ4v) is 2.69. The van der Waals surface area contributed by atoms with Gasteiger partial charge in [0.05, 0.1) is 12.1 Å². The zero-order valence-corrected chi connectivity index (χ0v) is 13.0. The Kier molecular flexibility index (Phi) is 4.66. The first-order valence-corrected chi connectivity index (χ1v) is 7.50. The predicted molar refractivity (Wildman–Crippen MR) is 81.3 cm³/mol. The van der Waals surface area contributed by atoms with Crippen LogP contribution in [0.1, 0.15) is 39.2 Å². The van der Waals surface area contributed by atoms with Gasteiger partial charge in [-0.2, -0.15) is 0 Å². The highest BCUT2D eigenvalue weighted by Gasteiger charge is 2.42. The zero-order valence-electron chi connectivity index (χ0n) is 13.0. The molecule has 1 fully saturated rings. The molecule has 0 aliphatic carbocycles. The molecule has 0 saturated carbocycles. The zero-order chi connectivity index (χ0) is 15.5. The Morgan fingerprint density at radius 1 is 1.29 bits per heavy atom. The van der Waals surface area contributed by atoms with E-state index in [2.05, 4.69) is 0 Å². The fourth-order valence-electron chi connectivity index (χ4n) is 2.69. The lowest BCUT2D eigenvalue weighted by atomic mass is 10.00. The minimum absolute atomic E-state index is 0.0553. The molecule has 4 heteroatoms. The van der Waals surface area contributed by atoms with Crippen molar-refractivity contribution in [3.05, 3.63) is 29.8 Å². The first kappa shape index (κ1) is 15.5. The average Bonchev–Trinajstić information content (AvgIpc) is 2.72. The molecule has 0 radical (unpaired) electrons. The molecule has 1 amide bonds. The van der Waals surface area contributed by atoms with E-state index in [1.54, 1.807) is 4.90 Å². The molecule has 4 nitrogen and oxygen atoms in total. The lowest BCUT2D eigenvalue weighted by Gasteiger charge is -2.30. The van der Waals surface area contributed by atoms with Gasteiger partial charge in [0, 0.05) is 19.4 Å². The quantitative estimate of drug-likeness (QED) is 0.837. The van der Waals surface area contributed by atoms with Crippen molar-refractivity contribution < 1.29 is 14.3 Å². The van der Waals surface area contributed by atoms with E-state index in [9.17, 15) is 9.59 Å². The molecule has 0 aromatic heterocycles. The number of Topliss-reactive ketones (excluding diaryl/α,β-unsaturated/α-hetero) is 1. The van der Waals surface area contributed by atoms with Crippen molar-refractivity contribution >= 4 is 11.7 Å². The number of nitrogens with zero attached hydrogens (tertiary/aromatic N) is 1. The van der Waals surface area contributed by atoms with E-state index in [4.69, 9.17) is 4.74 Å². The van der Waals surface area contributed by atoms with Gasteiger partial charge in [0.1, 0.15) is 5.75 Å². The Hall–Kier alpha value is -1.84. The van der Waals surface area contributed by atoms with Gasteiger partial charge in [-0.1, -0.05) is 12.1 Å². The van der Waals surface area contributed by atoms with Gasteiger partial charge in [0.15, 0.2) is 5.78 Å². The van der Waals surface area contributed by atoms with Crippen LogP contribution in [0, 0.1) is 0 Å². The van der Waals surface area contributed by atoms with Crippen molar-refractivity contribution in [3.63, 3.8) is 0 Å². The van der Waals surface area contributed by atoms with E-state index in [1.165, 1.54) is 0 Å². The van der Waals surface area contributed by atoms with Crippen LogP contribution in [0.3, 0.4) is 0 Å². The van der Waals surface area contributed by atoms with Crippen LogP contribution >= 0.6 is 0 Å². The van der Waals surface area contributed by atoms with E-state index < -0.39 is 5.54 Å². The number of carbonyl (C=O) groups excluding carboxylic acids is 2. The topological polar surface area (TPSA) is 46.6 Å². The molecule has 114 valence electrons. The molecule has 0 N–H and O–H groups in total. The van der Waals surface area contributed by atoms with Crippen molar-refractivity contribution in [2.75, 3.05) is 13.2 Å². The van der Waals surface area contributed by atoms with Gasteiger partial charge in [-0.25, -0.2) is 0 Å². The van der Waals surface area contributed by atoms with E-state index >= 15 is 0 Å². The number of carbonyl (C=O) groups is 2. The van der Waals surface area contributed by atoms with Gasteiger partial charge in [-0.05, 0) is 44.9 Å². The Morgan fingerprint density at radius 3 is 2.48 bits per heavy atom. The molecule has 1 aliphatic rings. The SMILES string of the molecule is CCOc1ccc(CCC(=O)N2CCC(=O)C2(C)C)cc1. The highest BCUT2D eigenvalue weighted by atomic mass is 16.5. The summed E-state index contributed by atoms with van der Waals surface area (Å²) >= 11 is 0. The summed E-state index contributed by atoms with van der Waals surface area (Å²) in [5.41, 5.74) is 0.464. The first-order valence-electron chi connectivity index (χ1n) is 7.50. The maximum atomic E-state index is 12.3. The second-order valence-electron chi connectivity index (χ2n) is 5.85. The lowest BCUT2D eigenvalue weighted by Crippen LogP contribution is -2.46. The molecule has 0 unspecified atom stereocenters. The minimum Gasteiger partial charge on any atom is -0.494 e. The molecule has 1 aromatic rings. The van der Waals surface area contributed by atoms with Gasteiger partial charge < -0.3 is 9.64 Å². The molecular weight excluding hydrogens is 266 g/mol. The van der Waals surface area contributed by atoms with E-state index in [-0.39, 0.29) is 11.7 Å². The van der Waals surface area contributed by atoms with Crippen molar-refractivity contribution in [2.24, 2.45) is 0 Å². The molecule has 0 spiro atoms. The monoisotopic (exact) mass is 289 g/mol. The van der Waals surface area contributed by atoms with Gasteiger partial charge in [-0.3, -0.25) is 9.59 Å². The standard InChI is InChI=1S/C17H23NO3/c1-4-21-14-8-5-13(6-9-14)7-10-16(20)18-12-11-15(19)17(18,2)3/h5-6,8-9H,4,7,10-12H2,1-3H3. The van der Waals surface area contributed by atoms with E-state index in [0.717, 1.165) is 11.3 Å². The van der Waals surface area contributed by atoms with Gasteiger partial charge in [0.2, 0.25) is 5.91 Å². The number of rotatable bonds is 5. The van der Waals surface area contributed by atoms with Crippen LogP contribution in [0.4, 0.5) is 0 Å². The Morgan fingerprint density at radius 2 is 1.95 bits per heavy atom. The van der Waals surface area contributed by atoms with Crippen LogP contribution in [0.5, 0.6) is 5.75 Å². The van der Waals surface area contributed by atoms with Gasteiger partial charge >= 0.3 is 0 Å². The van der Waals surface area contributed by atoms with Crippen LogP contribution < -0.4 is 4.74 Å². The Balaban J connectivity index is 1.91. The average molecular weight is 289 g/mol. The number of amides is 1. The second-order valence-corrected chi connectivity index (χ2v) is 5.85. The summed E-state index contributed by atoms with van der Waals surface area (Å²) < 4.78 is 5.39. The smallest absolute Gasteiger partial charge is 0.223 e. The molecule has 1 aliphatic heterocycles. The number of ether oxygens (including phenoxy) is 1. The molecule has 1 saturated heterocycles. The minimum atomic E-state index is -0.643. The molecular formula is C17H23NO3. The Labute approximate surface area is 126 Å². The fraction of sp³-hybridized carbons (Fsp3) is 0.529. The maximum Gasteiger partial charge on any atom is 0.223 e. The third kappa shape index (κ3) is 3.43. The van der Waals surface area contributed by atoms with Crippen molar-refractivity contribution in [3.8, 4) is 5.75 Å². The van der Waals surface area contributed by atoms with Crippen molar-refractivity contribution in [1.82, 2.24) is 4.90 Å². The lowest BCUT2D eigenvalue weighted by molar-refractivity contribution is -0.138. The van der Waals surface area contributed by atoms with E-state index in [0.29, 0.717) is 32.4 Å². The van der Waals surface area contributed by atoms with Crippen LogP contribution in [0.15, 0.2) is 24.3 Å². The van der Waals surface area contributed by atoms with Crippen molar-refractivity contribution in [2.45, 2.75) is 45.6 Å². The number of benzene rings is 1. The van der Waals surface area contributed by atoms with Gasteiger partial charge in [0.25, 0.3) is 0 Å². The third-order valence-electron chi connectivity index (χ3n) is 4.08. The highest BCUT2D eigenvalue weighted by molar-refractivity contribution is 5.95. The molecule has 21 heavy (non-hydrogen) atoms. The van der Waals surface area contributed by atoms with Crippen LogP contribution in [0.25, 0.3) is 0 Å².